The average molecular weight is 499 g/mol. The Kier molecular flexibility index (Phi) is 8.04. The van der Waals surface area contributed by atoms with Crippen molar-refractivity contribution in [2.75, 3.05) is 13.3 Å². The number of carbonyl (C=O) groups excluding carboxylic acids is 2. The monoisotopic (exact) mass is 498 g/mol. The van der Waals surface area contributed by atoms with Crippen molar-refractivity contribution in [3.8, 4) is 11.5 Å². The summed E-state index contributed by atoms with van der Waals surface area (Å²) >= 11 is 0. The number of ether oxygens (including phenoxy) is 2. The molecule has 6 nitrogen and oxygen atoms in total. The first-order valence-corrected chi connectivity index (χ1v) is 13.3. The van der Waals surface area contributed by atoms with Crippen LogP contribution >= 0.6 is 0 Å². The van der Waals surface area contributed by atoms with Crippen molar-refractivity contribution in [1.82, 2.24) is 10.6 Å². The molecule has 2 amide bonds. The topological polar surface area (TPSA) is 76.7 Å². The first-order valence-electron chi connectivity index (χ1n) is 13.3. The molecule has 3 aromatic carbocycles. The van der Waals surface area contributed by atoms with Crippen LogP contribution in [0, 0.1) is 5.92 Å². The van der Waals surface area contributed by atoms with E-state index in [0.29, 0.717) is 23.8 Å². The van der Waals surface area contributed by atoms with Gasteiger partial charge < -0.3 is 20.1 Å². The summed E-state index contributed by atoms with van der Waals surface area (Å²) in [5, 5.41) is 6.06. The van der Waals surface area contributed by atoms with Gasteiger partial charge in [-0.3, -0.25) is 9.59 Å². The van der Waals surface area contributed by atoms with Crippen molar-refractivity contribution >= 4 is 11.8 Å². The van der Waals surface area contributed by atoms with Gasteiger partial charge in [0.25, 0.3) is 11.8 Å². The molecular weight excluding hydrogens is 464 g/mol. The van der Waals surface area contributed by atoms with Crippen LogP contribution in [0.1, 0.15) is 69.5 Å². The van der Waals surface area contributed by atoms with E-state index in [1.54, 1.807) is 0 Å². The molecule has 6 heteroatoms. The largest absolute Gasteiger partial charge is 0.454 e. The van der Waals surface area contributed by atoms with E-state index in [0.717, 1.165) is 36.3 Å². The van der Waals surface area contributed by atoms with E-state index in [1.165, 1.54) is 43.2 Å². The first kappa shape index (κ1) is 24.9. The number of fused-ring (bicyclic) bond motifs is 1. The SMILES string of the molecule is O=C(NCc1ccc2c(c1)OCO2)c1ccc(CCc2ccc(C(=O)NCC3CCCCC3)cc2)cc1. The molecule has 37 heavy (non-hydrogen) atoms. The van der Waals surface area contributed by atoms with E-state index in [4.69, 9.17) is 9.47 Å². The normalized spacial score (nSPS) is 14.8. The highest BCUT2D eigenvalue weighted by Crippen LogP contribution is 2.32. The maximum atomic E-state index is 12.6. The van der Waals surface area contributed by atoms with Crippen molar-refractivity contribution < 1.29 is 19.1 Å². The predicted molar refractivity (Wildman–Crippen MR) is 143 cm³/mol. The number of carbonyl (C=O) groups is 2. The van der Waals surface area contributed by atoms with E-state index in [1.807, 2.05) is 66.7 Å². The van der Waals surface area contributed by atoms with Gasteiger partial charge in [-0.15, -0.1) is 0 Å². The van der Waals surface area contributed by atoms with Gasteiger partial charge in [0.1, 0.15) is 0 Å². The summed E-state index contributed by atoms with van der Waals surface area (Å²) in [7, 11) is 0. The van der Waals surface area contributed by atoms with E-state index in [2.05, 4.69) is 10.6 Å². The maximum Gasteiger partial charge on any atom is 0.251 e. The molecular formula is C31H34N2O4. The van der Waals surface area contributed by atoms with Gasteiger partial charge in [-0.1, -0.05) is 49.6 Å². The second-order valence-corrected chi connectivity index (χ2v) is 9.98. The number of rotatable bonds is 9. The maximum absolute atomic E-state index is 12.6. The Morgan fingerprint density at radius 1 is 0.676 bits per heavy atom. The fraction of sp³-hybridized carbons (Fsp3) is 0.355. The fourth-order valence-electron chi connectivity index (χ4n) is 5.00. The lowest BCUT2D eigenvalue weighted by Gasteiger charge is -2.21. The molecule has 3 aromatic rings. The molecule has 2 aliphatic rings. The molecule has 0 aromatic heterocycles. The van der Waals surface area contributed by atoms with Gasteiger partial charge in [0.05, 0.1) is 0 Å². The lowest BCUT2D eigenvalue weighted by Crippen LogP contribution is -2.30. The van der Waals surface area contributed by atoms with Crippen LogP contribution < -0.4 is 20.1 Å². The van der Waals surface area contributed by atoms with Crippen LogP contribution in [-0.4, -0.2) is 25.2 Å². The van der Waals surface area contributed by atoms with Crippen LogP contribution in [0.5, 0.6) is 11.5 Å². The summed E-state index contributed by atoms with van der Waals surface area (Å²) in [6.07, 6.45) is 8.10. The zero-order valence-electron chi connectivity index (χ0n) is 21.1. The molecule has 1 aliphatic heterocycles. The molecule has 1 aliphatic carbocycles. The zero-order valence-corrected chi connectivity index (χ0v) is 21.1. The van der Waals surface area contributed by atoms with Crippen LogP contribution in [0.2, 0.25) is 0 Å². The number of amides is 2. The van der Waals surface area contributed by atoms with Gasteiger partial charge in [-0.25, -0.2) is 0 Å². The van der Waals surface area contributed by atoms with Gasteiger partial charge >= 0.3 is 0 Å². The zero-order chi connectivity index (χ0) is 25.5. The smallest absolute Gasteiger partial charge is 0.251 e. The minimum absolute atomic E-state index is 0.0181. The van der Waals surface area contributed by atoms with E-state index < -0.39 is 0 Å². The Balaban J connectivity index is 1.06. The first-order chi connectivity index (χ1) is 18.1. The average Bonchev–Trinajstić information content (AvgIpc) is 3.43. The van der Waals surface area contributed by atoms with Gasteiger partial charge in [-0.05, 0) is 84.7 Å². The van der Waals surface area contributed by atoms with Gasteiger partial charge in [0, 0.05) is 24.2 Å². The van der Waals surface area contributed by atoms with Crippen LogP contribution in [0.25, 0.3) is 0 Å². The minimum atomic E-state index is -0.110. The van der Waals surface area contributed by atoms with Crippen LogP contribution in [0.4, 0.5) is 0 Å². The van der Waals surface area contributed by atoms with Crippen LogP contribution in [-0.2, 0) is 19.4 Å². The fourth-order valence-corrected chi connectivity index (χ4v) is 5.00. The van der Waals surface area contributed by atoms with Gasteiger partial charge in [-0.2, -0.15) is 0 Å². The predicted octanol–water partition coefficient (Wildman–Crippen LogP) is 5.44. The molecule has 0 atom stereocenters. The highest BCUT2D eigenvalue weighted by atomic mass is 16.7. The Morgan fingerprint density at radius 3 is 1.89 bits per heavy atom. The quantitative estimate of drug-likeness (QED) is 0.412. The highest BCUT2D eigenvalue weighted by Gasteiger charge is 2.15. The Hall–Kier alpha value is -3.80. The molecule has 0 spiro atoms. The second kappa shape index (κ2) is 12.0. The van der Waals surface area contributed by atoms with Crippen molar-refractivity contribution in [3.05, 3.63) is 94.5 Å². The number of benzene rings is 3. The molecule has 0 saturated heterocycles. The molecule has 0 unspecified atom stereocenters. The van der Waals surface area contributed by atoms with Gasteiger partial charge in [0.15, 0.2) is 11.5 Å². The third-order valence-corrected chi connectivity index (χ3v) is 7.30. The number of hydrogen-bond acceptors (Lipinski definition) is 4. The summed E-state index contributed by atoms with van der Waals surface area (Å²) in [5.74, 6) is 1.98. The summed E-state index contributed by atoms with van der Waals surface area (Å²) < 4.78 is 10.7. The Bertz CT molecular complexity index is 1210. The highest BCUT2D eigenvalue weighted by molar-refractivity contribution is 5.94. The molecule has 192 valence electrons. The van der Waals surface area contributed by atoms with E-state index in [-0.39, 0.29) is 18.6 Å². The number of hydrogen-bond donors (Lipinski definition) is 2. The Labute approximate surface area is 218 Å². The molecule has 1 saturated carbocycles. The van der Waals surface area contributed by atoms with Gasteiger partial charge in [0.2, 0.25) is 6.79 Å². The van der Waals surface area contributed by atoms with Crippen molar-refractivity contribution in [3.63, 3.8) is 0 Å². The van der Waals surface area contributed by atoms with Crippen molar-refractivity contribution in [2.24, 2.45) is 5.92 Å². The van der Waals surface area contributed by atoms with Crippen molar-refractivity contribution in [1.29, 1.82) is 0 Å². The molecule has 0 bridgehead atoms. The number of nitrogens with one attached hydrogen (secondary N) is 2. The molecule has 5 rings (SSSR count). The second-order valence-electron chi connectivity index (χ2n) is 9.98. The lowest BCUT2D eigenvalue weighted by molar-refractivity contribution is 0.0938. The van der Waals surface area contributed by atoms with E-state index in [9.17, 15) is 9.59 Å². The summed E-state index contributed by atoms with van der Waals surface area (Å²) in [4.78, 5) is 25.0. The third kappa shape index (κ3) is 6.70. The summed E-state index contributed by atoms with van der Waals surface area (Å²) in [5.41, 5.74) is 4.67. The minimum Gasteiger partial charge on any atom is -0.454 e. The number of aryl methyl sites for hydroxylation is 2. The third-order valence-electron chi connectivity index (χ3n) is 7.30. The Morgan fingerprint density at radius 2 is 1.24 bits per heavy atom. The molecule has 2 N–H and O–H groups in total. The molecule has 1 fully saturated rings. The standard InChI is InChI=1S/C31H34N2O4/c34-30(32-19-24-4-2-1-3-5-24)26-13-8-22(9-14-26)6-7-23-10-15-27(16-11-23)31(35)33-20-25-12-17-28-29(18-25)37-21-36-28/h8-18,24H,1-7,19-21H2,(H,32,34)(H,33,35). The molecule has 0 radical (unpaired) electrons. The summed E-state index contributed by atoms with van der Waals surface area (Å²) in [6, 6.07) is 21.3. The van der Waals surface area contributed by atoms with Crippen molar-refractivity contribution in [2.45, 2.75) is 51.5 Å². The van der Waals surface area contributed by atoms with E-state index >= 15 is 0 Å². The lowest BCUT2D eigenvalue weighted by atomic mass is 9.89. The van der Waals surface area contributed by atoms with Crippen LogP contribution in [0.15, 0.2) is 66.7 Å². The molecule has 1 heterocycles. The van der Waals surface area contributed by atoms with Crippen LogP contribution in [0.3, 0.4) is 0 Å². The summed E-state index contributed by atoms with van der Waals surface area (Å²) in [6.45, 7) is 1.44.